The Kier molecular flexibility index (Phi) is 2.43. The van der Waals surface area contributed by atoms with Crippen molar-refractivity contribution >= 4 is 51.6 Å². The van der Waals surface area contributed by atoms with Gasteiger partial charge in [0.1, 0.15) is 0 Å². The van der Waals surface area contributed by atoms with Gasteiger partial charge in [0.05, 0.1) is 19.5 Å². The largest absolute Gasteiger partial charge is 0.478 e. The molecule has 0 atom stereocenters. The molecule has 5 heteroatoms. The SMILES string of the molecule is O=C(O)c1c(Cl)ccc2cc(S)sc12. The summed E-state index contributed by atoms with van der Waals surface area (Å²) >= 11 is 11.3. The van der Waals surface area contributed by atoms with Crippen LogP contribution in [0.5, 0.6) is 0 Å². The van der Waals surface area contributed by atoms with Gasteiger partial charge in [0.25, 0.3) is 0 Å². The second-order valence-corrected chi connectivity index (χ2v) is 4.97. The van der Waals surface area contributed by atoms with E-state index in [0.29, 0.717) is 4.70 Å². The maximum atomic E-state index is 10.9. The number of benzene rings is 1. The van der Waals surface area contributed by atoms with Crippen molar-refractivity contribution in [1.29, 1.82) is 0 Å². The van der Waals surface area contributed by atoms with Gasteiger partial charge >= 0.3 is 5.97 Å². The highest BCUT2D eigenvalue weighted by molar-refractivity contribution is 7.83. The molecular formula is C9H5ClO2S2. The molecule has 1 N–H and O–H groups in total. The smallest absolute Gasteiger partial charge is 0.338 e. The number of carboxylic acids is 1. The Hall–Kier alpha value is -0.710. The lowest BCUT2D eigenvalue weighted by Crippen LogP contribution is -1.96. The molecule has 14 heavy (non-hydrogen) atoms. The molecule has 1 aromatic heterocycles. The van der Waals surface area contributed by atoms with E-state index in [4.69, 9.17) is 16.7 Å². The van der Waals surface area contributed by atoms with Gasteiger partial charge in [-0.25, -0.2) is 4.79 Å². The number of carbonyl (C=O) groups is 1. The molecule has 0 saturated heterocycles. The predicted octanol–water partition coefficient (Wildman–Crippen LogP) is 3.54. The normalized spacial score (nSPS) is 10.7. The second kappa shape index (κ2) is 3.46. The van der Waals surface area contributed by atoms with Crippen molar-refractivity contribution in [3.8, 4) is 0 Å². The van der Waals surface area contributed by atoms with Gasteiger partial charge in [0.15, 0.2) is 0 Å². The van der Waals surface area contributed by atoms with Gasteiger partial charge in [-0.05, 0) is 17.5 Å². The highest BCUT2D eigenvalue weighted by Crippen LogP contribution is 2.34. The van der Waals surface area contributed by atoms with Crippen LogP contribution < -0.4 is 0 Å². The third kappa shape index (κ3) is 1.49. The molecule has 2 rings (SSSR count). The number of thiophene rings is 1. The van der Waals surface area contributed by atoms with E-state index in [-0.39, 0.29) is 10.6 Å². The molecule has 0 aliphatic carbocycles. The number of fused-ring (bicyclic) bond motifs is 1. The van der Waals surface area contributed by atoms with E-state index in [0.717, 1.165) is 9.60 Å². The van der Waals surface area contributed by atoms with Crippen LogP contribution in [-0.4, -0.2) is 11.1 Å². The van der Waals surface area contributed by atoms with Crippen molar-refractivity contribution in [2.24, 2.45) is 0 Å². The fraction of sp³-hybridized carbons (Fsp3) is 0. The van der Waals surface area contributed by atoms with Gasteiger partial charge in [-0.1, -0.05) is 17.7 Å². The summed E-state index contributed by atoms with van der Waals surface area (Å²) in [6.45, 7) is 0. The van der Waals surface area contributed by atoms with Gasteiger partial charge in [0, 0.05) is 0 Å². The second-order valence-electron chi connectivity index (χ2n) is 2.73. The maximum Gasteiger partial charge on any atom is 0.338 e. The Labute approximate surface area is 94.5 Å². The van der Waals surface area contributed by atoms with E-state index in [1.165, 1.54) is 11.3 Å². The topological polar surface area (TPSA) is 37.3 Å². The van der Waals surface area contributed by atoms with Crippen molar-refractivity contribution in [1.82, 2.24) is 0 Å². The van der Waals surface area contributed by atoms with Crippen LogP contribution >= 0.6 is 35.6 Å². The summed E-state index contributed by atoms with van der Waals surface area (Å²) in [6.07, 6.45) is 0. The van der Waals surface area contributed by atoms with E-state index in [9.17, 15) is 4.79 Å². The quantitative estimate of drug-likeness (QED) is 0.753. The van der Waals surface area contributed by atoms with Gasteiger partial charge in [-0.3, -0.25) is 0 Å². The number of hydrogen-bond donors (Lipinski definition) is 2. The first-order valence-corrected chi connectivity index (χ1v) is 5.38. The molecule has 0 saturated carbocycles. The number of halogens is 1. The van der Waals surface area contributed by atoms with Crippen LogP contribution in [0, 0.1) is 0 Å². The lowest BCUT2D eigenvalue weighted by Gasteiger charge is -1.99. The molecule has 0 bridgehead atoms. The average molecular weight is 245 g/mol. The lowest BCUT2D eigenvalue weighted by atomic mass is 10.2. The van der Waals surface area contributed by atoms with Crippen LogP contribution in [0.2, 0.25) is 5.02 Å². The van der Waals surface area contributed by atoms with Crippen molar-refractivity contribution in [3.05, 3.63) is 28.8 Å². The number of carboxylic acid groups (broad SMARTS) is 1. The third-order valence-electron chi connectivity index (χ3n) is 1.84. The zero-order valence-corrected chi connectivity index (χ0v) is 9.29. The molecule has 2 aromatic rings. The van der Waals surface area contributed by atoms with E-state index in [1.807, 2.05) is 6.07 Å². The van der Waals surface area contributed by atoms with Crippen LogP contribution in [0.1, 0.15) is 10.4 Å². The summed E-state index contributed by atoms with van der Waals surface area (Å²) in [5.41, 5.74) is 0.162. The zero-order chi connectivity index (χ0) is 10.3. The third-order valence-corrected chi connectivity index (χ3v) is 3.53. The van der Waals surface area contributed by atoms with E-state index >= 15 is 0 Å². The van der Waals surface area contributed by atoms with Crippen LogP contribution in [0.15, 0.2) is 22.4 Å². The first-order chi connectivity index (χ1) is 6.59. The fourth-order valence-electron chi connectivity index (χ4n) is 1.26. The minimum atomic E-state index is -1.00. The number of aromatic carboxylic acids is 1. The molecule has 0 amide bonds. The van der Waals surface area contributed by atoms with Gasteiger partial charge in [-0.15, -0.1) is 24.0 Å². The molecule has 0 unspecified atom stereocenters. The first kappa shape index (κ1) is 9.83. The first-order valence-electron chi connectivity index (χ1n) is 3.74. The molecule has 1 aromatic carbocycles. The van der Waals surface area contributed by atoms with Crippen molar-refractivity contribution in [2.75, 3.05) is 0 Å². The Morgan fingerprint density at radius 3 is 2.86 bits per heavy atom. The molecule has 0 spiro atoms. The van der Waals surface area contributed by atoms with Gasteiger partial charge in [0.2, 0.25) is 0 Å². The van der Waals surface area contributed by atoms with Gasteiger partial charge < -0.3 is 5.11 Å². The summed E-state index contributed by atoms with van der Waals surface area (Å²) in [5.74, 6) is -1.00. The molecule has 0 radical (unpaired) electrons. The van der Waals surface area contributed by atoms with Crippen molar-refractivity contribution < 1.29 is 9.90 Å². The number of hydrogen-bond acceptors (Lipinski definition) is 3. The highest BCUT2D eigenvalue weighted by Gasteiger charge is 2.14. The number of rotatable bonds is 1. The minimum Gasteiger partial charge on any atom is -0.478 e. The van der Waals surface area contributed by atoms with E-state index in [2.05, 4.69) is 12.6 Å². The monoisotopic (exact) mass is 244 g/mol. The van der Waals surface area contributed by atoms with Gasteiger partial charge in [-0.2, -0.15) is 0 Å². The minimum absolute atomic E-state index is 0.162. The maximum absolute atomic E-state index is 10.9. The Morgan fingerprint density at radius 2 is 2.21 bits per heavy atom. The summed E-state index contributed by atoms with van der Waals surface area (Å²) in [6, 6.07) is 5.21. The molecular weight excluding hydrogens is 240 g/mol. The Morgan fingerprint density at radius 1 is 1.50 bits per heavy atom. The Balaban J connectivity index is 2.88. The molecule has 1 heterocycles. The summed E-state index contributed by atoms with van der Waals surface area (Å²) in [5, 5.41) is 10.1. The Bertz CT molecular complexity index is 519. The van der Waals surface area contributed by atoms with Crippen LogP contribution in [0.4, 0.5) is 0 Å². The fourth-order valence-corrected chi connectivity index (χ4v) is 2.91. The van der Waals surface area contributed by atoms with Crippen LogP contribution in [-0.2, 0) is 0 Å². The predicted molar refractivity (Wildman–Crippen MR) is 61.0 cm³/mol. The molecule has 0 aliphatic heterocycles. The summed E-state index contributed by atoms with van der Waals surface area (Å²) in [7, 11) is 0. The lowest BCUT2D eigenvalue weighted by molar-refractivity contribution is 0.0699. The van der Waals surface area contributed by atoms with Crippen molar-refractivity contribution in [2.45, 2.75) is 4.21 Å². The van der Waals surface area contributed by atoms with Crippen molar-refractivity contribution in [3.63, 3.8) is 0 Å². The van der Waals surface area contributed by atoms with Crippen LogP contribution in [0.3, 0.4) is 0 Å². The standard InChI is InChI=1S/C9H5ClO2S2/c10-5-2-1-4-3-6(13)14-8(4)7(5)9(11)12/h1-3,13H,(H,11,12). The zero-order valence-electron chi connectivity index (χ0n) is 6.82. The molecule has 72 valence electrons. The molecule has 0 fully saturated rings. The van der Waals surface area contributed by atoms with E-state index < -0.39 is 5.97 Å². The summed E-state index contributed by atoms with van der Waals surface area (Å²) in [4.78, 5) is 10.9. The summed E-state index contributed by atoms with van der Waals surface area (Å²) < 4.78 is 1.46. The average Bonchev–Trinajstić information content (AvgIpc) is 2.43. The van der Waals surface area contributed by atoms with Crippen LogP contribution in [0.25, 0.3) is 10.1 Å². The van der Waals surface area contributed by atoms with E-state index in [1.54, 1.807) is 12.1 Å². The number of thiol groups is 1. The molecule has 0 aliphatic rings. The highest BCUT2D eigenvalue weighted by atomic mass is 35.5. The molecule has 2 nitrogen and oxygen atoms in total.